The first-order chi connectivity index (χ1) is 15.0. The lowest BCUT2D eigenvalue weighted by Gasteiger charge is -2.32. The Labute approximate surface area is 192 Å². The Morgan fingerprint density at radius 2 is 1.84 bits per heavy atom. The molecule has 7 nitrogen and oxygen atoms in total. The van der Waals surface area contributed by atoms with Gasteiger partial charge in [-0.15, -0.1) is 11.3 Å². The van der Waals surface area contributed by atoms with E-state index in [-0.39, 0.29) is 22.2 Å². The Bertz CT molecular complexity index is 1190. The lowest BCUT2D eigenvalue weighted by molar-refractivity contribution is -0.140. The first-order valence-electron chi connectivity index (χ1n) is 10.7. The number of carbonyl (C=O) groups is 2. The molecule has 0 unspecified atom stereocenters. The molecule has 0 atom stereocenters. The number of anilines is 1. The molecule has 2 heterocycles. The zero-order valence-electron chi connectivity index (χ0n) is 18.8. The molecule has 9 heteroatoms. The van der Waals surface area contributed by atoms with E-state index < -0.39 is 21.4 Å². The third-order valence-electron chi connectivity index (χ3n) is 5.94. The van der Waals surface area contributed by atoms with Crippen LogP contribution in [0.3, 0.4) is 0 Å². The van der Waals surface area contributed by atoms with Crippen LogP contribution in [0.2, 0.25) is 0 Å². The van der Waals surface area contributed by atoms with Crippen LogP contribution in [0.5, 0.6) is 0 Å². The van der Waals surface area contributed by atoms with Crippen molar-refractivity contribution in [1.82, 2.24) is 4.90 Å². The van der Waals surface area contributed by atoms with Gasteiger partial charge in [0.15, 0.2) is 4.21 Å². The largest absolute Gasteiger partial charge is 0.465 e. The van der Waals surface area contributed by atoms with Crippen LogP contribution in [-0.2, 0) is 45.4 Å². The second kappa shape index (κ2) is 8.19. The van der Waals surface area contributed by atoms with Crippen LogP contribution in [-0.4, -0.2) is 38.8 Å². The van der Waals surface area contributed by atoms with E-state index in [1.54, 1.807) is 11.0 Å². The van der Waals surface area contributed by atoms with E-state index in [1.807, 2.05) is 32.9 Å². The van der Waals surface area contributed by atoms with E-state index in [4.69, 9.17) is 4.74 Å². The molecule has 0 saturated heterocycles. The molecule has 0 spiro atoms. The lowest BCUT2D eigenvalue weighted by Crippen LogP contribution is -2.42. The summed E-state index contributed by atoms with van der Waals surface area (Å²) >= 11 is 1.04. The van der Waals surface area contributed by atoms with Gasteiger partial charge in [-0.3, -0.25) is 9.52 Å². The molecule has 1 aliphatic carbocycles. The minimum Gasteiger partial charge on any atom is -0.465 e. The fraction of sp³-hybridized carbons (Fsp3) is 0.478. The van der Waals surface area contributed by atoms with Crippen molar-refractivity contribution in [3.63, 3.8) is 0 Å². The first kappa shape index (κ1) is 22.8. The maximum atomic E-state index is 13.3. The van der Waals surface area contributed by atoms with Crippen molar-refractivity contribution in [2.24, 2.45) is 5.41 Å². The Hall–Kier alpha value is -2.39. The molecular formula is C23H28N2O5S2. The van der Waals surface area contributed by atoms with Crippen molar-refractivity contribution in [3.05, 3.63) is 45.3 Å². The molecule has 1 aromatic heterocycles. The summed E-state index contributed by atoms with van der Waals surface area (Å²) in [6, 6.07) is 5.59. The number of rotatable bonds is 4. The minimum atomic E-state index is -4.01. The summed E-state index contributed by atoms with van der Waals surface area (Å²) in [6.45, 7) is 6.29. The number of hydrogen-bond acceptors (Lipinski definition) is 6. The predicted octanol–water partition coefficient (Wildman–Crippen LogP) is 3.76. The number of hydrogen-bond donors (Lipinski definition) is 1. The molecule has 0 saturated carbocycles. The first-order valence-corrected chi connectivity index (χ1v) is 13.0. The number of thiophene rings is 1. The summed E-state index contributed by atoms with van der Waals surface area (Å²) in [6.07, 6.45) is 3.42. The second-order valence-electron chi connectivity index (χ2n) is 9.33. The molecule has 1 aromatic carbocycles. The van der Waals surface area contributed by atoms with Crippen LogP contribution in [0.1, 0.15) is 59.1 Å². The molecule has 1 N–H and O–H groups in total. The Morgan fingerprint density at radius 3 is 2.53 bits per heavy atom. The fourth-order valence-corrected chi connectivity index (χ4v) is 7.31. The van der Waals surface area contributed by atoms with Crippen LogP contribution < -0.4 is 4.72 Å². The molecule has 0 fully saturated rings. The maximum absolute atomic E-state index is 13.3. The Balaban J connectivity index is 1.70. The lowest BCUT2D eigenvalue weighted by atomic mass is 9.93. The normalized spacial score (nSPS) is 15.8. The molecule has 0 radical (unpaired) electrons. The summed E-state index contributed by atoms with van der Waals surface area (Å²) in [4.78, 5) is 27.8. The molecule has 2 aromatic rings. The number of amides is 1. The summed E-state index contributed by atoms with van der Waals surface area (Å²) in [5, 5.41) is 0. The number of nitrogens with one attached hydrogen (secondary N) is 1. The zero-order chi connectivity index (χ0) is 23.3. The number of esters is 1. The van der Waals surface area contributed by atoms with Crippen molar-refractivity contribution in [3.8, 4) is 0 Å². The zero-order valence-corrected chi connectivity index (χ0v) is 20.4. The number of ether oxygens (including phenoxy) is 1. The van der Waals surface area contributed by atoms with E-state index in [0.717, 1.165) is 36.2 Å². The van der Waals surface area contributed by atoms with Crippen molar-refractivity contribution < 1.29 is 22.7 Å². The Kier molecular flexibility index (Phi) is 5.83. The number of carbonyl (C=O) groups excluding carboxylic acids is 2. The van der Waals surface area contributed by atoms with Gasteiger partial charge in [-0.05, 0) is 54.5 Å². The quantitative estimate of drug-likeness (QED) is 0.679. The number of sulfonamides is 1. The van der Waals surface area contributed by atoms with Crippen molar-refractivity contribution >= 4 is 38.9 Å². The average molecular weight is 477 g/mol. The second-order valence-corrected chi connectivity index (χ2v) is 12.3. The number of nitrogens with zero attached hydrogens (tertiary/aromatic N) is 1. The molecule has 4 rings (SSSR count). The number of aryl methyl sites for hydroxylation is 2. The molecule has 172 valence electrons. The van der Waals surface area contributed by atoms with Gasteiger partial charge in [-0.2, -0.15) is 0 Å². The molecule has 32 heavy (non-hydrogen) atoms. The number of fused-ring (bicyclic) bond motifs is 2. The van der Waals surface area contributed by atoms with Gasteiger partial charge >= 0.3 is 5.97 Å². The third kappa shape index (κ3) is 4.15. The van der Waals surface area contributed by atoms with E-state index in [1.165, 1.54) is 12.7 Å². The molecular weight excluding hydrogens is 448 g/mol. The van der Waals surface area contributed by atoms with Gasteiger partial charge in [0.1, 0.15) is 0 Å². The summed E-state index contributed by atoms with van der Waals surface area (Å²) in [5.74, 6) is -0.677. The maximum Gasteiger partial charge on any atom is 0.340 e. The van der Waals surface area contributed by atoms with E-state index in [0.29, 0.717) is 29.1 Å². The highest BCUT2D eigenvalue weighted by Crippen LogP contribution is 2.38. The molecule has 2 aliphatic rings. The summed E-state index contributed by atoms with van der Waals surface area (Å²) in [7, 11) is -2.77. The Morgan fingerprint density at radius 1 is 1.12 bits per heavy atom. The van der Waals surface area contributed by atoms with Crippen LogP contribution in [0.15, 0.2) is 22.4 Å². The third-order valence-corrected chi connectivity index (χ3v) is 9.05. The van der Waals surface area contributed by atoms with Gasteiger partial charge in [0.05, 0.1) is 19.2 Å². The SMILES string of the molecule is COC(=O)c1c(S(=O)(=O)Nc2ccc3c(c2)CCC3)sc2c1CCN(C(=O)C(C)(C)C)C2. The highest BCUT2D eigenvalue weighted by Gasteiger charge is 2.37. The van der Waals surface area contributed by atoms with E-state index in [9.17, 15) is 18.0 Å². The molecule has 1 amide bonds. The van der Waals surface area contributed by atoms with Gasteiger partial charge in [0.25, 0.3) is 10.0 Å². The summed E-state index contributed by atoms with van der Waals surface area (Å²) in [5.41, 5.74) is 3.10. The van der Waals surface area contributed by atoms with Crippen molar-refractivity contribution in [1.29, 1.82) is 0 Å². The monoisotopic (exact) mass is 476 g/mol. The van der Waals surface area contributed by atoms with Crippen LogP contribution >= 0.6 is 11.3 Å². The number of methoxy groups -OCH3 is 1. The number of benzene rings is 1. The smallest absolute Gasteiger partial charge is 0.340 e. The average Bonchev–Trinajstić information content (AvgIpc) is 3.35. The van der Waals surface area contributed by atoms with E-state index in [2.05, 4.69) is 4.72 Å². The fourth-order valence-electron chi connectivity index (χ4n) is 4.36. The topological polar surface area (TPSA) is 92.8 Å². The minimum absolute atomic E-state index is 0.00292. The van der Waals surface area contributed by atoms with Crippen LogP contribution in [0, 0.1) is 5.41 Å². The van der Waals surface area contributed by atoms with Crippen molar-refractivity contribution in [2.75, 3.05) is 18.4 Å². The molecule has 0 bridgehead atoms. The van der Waals surface area contributed by atoms with Crippen LogP contribution in [0.4, 0.5) is 5.69 Å². The predicted molar refractivity (Wildman–Crippen MR) is 124 cm³/mol. The van der Waals surface area contributed by atoms with Gasteiger partial charge in [-0.1, -0.05) is 26.8 Å². The highest BCUT2D eigenvalue weighted by atomic mass is 32.2. The van der Waals surface area contributed by atoms with Gasteiger partial charge in [-0.25, -0.2) is 13.2 Å². The van der Waals surface area contributed by atoms with E-state index >= 15 is 0 Å². The highest BCUT2D eigenvalue weighted by molar-refractivity contribution is 7.94. The van der Waals surface area contributed by atoms with Gasteiger partial charge in [0, 0.05) is 22.5 Å². The summed E-state index contributed by atoms with van der Waals surface area (Å²) < 4.78 is 34.2. The standard InChI is InChI=1S/C23H28N2O5S2/c1-23(2,3)22(27)25-11-10-17-18(13-25)31-21(19(17)20(26)30-4)32(28,29)24-16-9-8-14-6-5-7-15(14)12-16/h8-9,12,24H,5-7,10-11,13H2,1-4H3. The van der Waals surface area contributed by atoms with Crippen molar-refractivity contribution in [2.45, 2.75) is 57.2 Å². The van der Waals surface area contributed by atoms with Gasteiger partial charge < -0.3 is 9.64 Å². The molecule has 1 aliphatic heterocycles. The van der Waals surface area contributed by atoms with Gasteiger partial charge in [0.2, 0.25) is 5.91 Å². The van der Waals surface area contributed by atoms with Crippen LogP contribution in [0.25, 0.3) is 0 Å².